The Morgan fingerprint density at radius 3 is 1.24 bits per heavy atom. The number of fused-ring (bicyclic) bond motifs is 7. The van der Waals surface area contributed by atoms with Crippen molar-refractivity contribution in [2.75, 3.05) is 0 Å². The molecule has 3 aliphatic rings. The number of ketones is 4. The van der Waals surface area contributed by atoms with Crippen LogP contribution >= 0.6 is 22.7 Å². The van der Waals surface area contributed by atoms with E-state index in [-0.39, 0.29) is 13.2 Å². The lowest BCUT2D eigenvalue weighted by molar-refractivity contribution is -0.164. The Balaban J connectivity index is 1.10. The maximum atomic E-state index is 15.2. The van der Waals surface area contributed by atoms with Crippen LogP contribution in [-0.2, 0) is 47.3 Å². The third-order valence-electron chi connectivity index (χ3n) is 11.9. The molecule has 8 nitrogen and oxygen atoms in total. The standard InChI is InChI=1S/C53H30O8S2/c54-47-37-17-9-7-15-35(37)41(49(47)56)23-33-19-31-21-43-39(25-45(31)62-33)40-26-46-32(20-34(63-46)24-42-36-16-8-10-18-38(36)48(55)50(42)57)22-44(40)53(43,51(58)60-27-29-11-3-1-4-12-29)52(59)61-28-30-13-5-2-6-14-30/h1-26H,27-28H2/b41-23-,42-24-. The van der Waals surface area contributed by atoms with E-state index < -0.39 is 40.5 Å². The SMILES string of the molecule is O=C1C(=O)c2ccccc2/C1=C/c1cc2cc3c(cc2s1)-c1cc2sc(/C=C4\C(=O)C(=O)c5ccccc54)cc2cc1C3(C(=O)OCc1ccccc1)C(=O)OCc1ccccc1. The zero-order valence-corrected chi connectivity index (χ0v) is 34.6. The van der Waals surface area contributed by atoms with E-state index in [0.717, 1.165) is 20.5 Å². The van der Waals surface area contributed by atoms with Crippen molar-refractivity contribution in [1.29, 1.82) is 0 Å². The normalized spacial score (nSPS) is 15.9. The van der Waals surface area contributed by atoms with Crippen molar-refractivity contribution < 1.29 is 38.2 Å². The molecule has 0 saturated heterocycles. The van der Waals surface area contributed by atoms with Gasteiger partial charge in [-0.05, 0) is 104 Å². The average molecular weight is 859 g/mol. The van der Waals surface area contributed by atoms with E-state index in [1.54, 1.807) is 60.7 Å². The monoisotopic (exact) mass is 858 g/mol. The summed E-state index contributed by atoms with van der Waals surface area (Å²) in [6, 6.07) is 43.6. The molecule has 302 valence electrons. The lowest BCUT2D eigenvalue weighted by atomic mass is 9.77. The molecule has 0 amide bonds. The van der Waals surface area contributed by atoms with E-state index >= 15 is 9.59 Å². The summed E-state index contributed by atoms with van der Waals surface area (Å²) in [7, 11) is 0. The highest BCUT2D eigenvalue weighted by Gasteiger charge is 2.58. The molecule has 10 heteroatoms. The summed E-state index contributed by atoms with van der Waals surface area (Å²) in [5.41, 5.74) is 3.93. The first-order valence-electron chi connectivity index (χ1n) is 20.1. The van der Waals surface area contributed by atoms with Gasteiger partial charge < -0.3 is 9.47 Å². The Morgan fingerprint density at radius 1 is 0.444 bits per heavy atom. The molecule has 0 unspecified atom stereocenters. The summed E-state index contributed by atoms with van der Waals surface area (Å²) >= 11 is 2.84. The summed E-state index contributed by atoms with van der Waals surface area (Å²) in [6.45, 7) is -0.200. The summed E-state index contributed by atoms with van der Waals surface area (Å²) in [6.07, 6.45) is 3.44. The van der Waals surface area contributed by atoms with Gasteiger partial charge in [0.15, 0.2) is 0 Å². The molecule has 0 N–H and O–H groups in total. The van der Waals surface area contributed by atoms with Gasteiger partial charge >= 0.3 is 11.9 Å². The molecule has 0 atom stereocenters. The molecule has 6 aromatic carbocycles. The van der Waals surface area contributed by atoms with E-state index in [2.05, 4.69) is 0 Å². The van der Waals surface area contributed by atoms with Crippen LogP contribution in [-0.4, -0.2) is 35.1 Å². The summed E-state index contributed by atoms with van der Waals surface area (Å²) in [5, 5.41) is 1.43. The van der Waals surface area contributed by atoms with Gasteiger partial charge in [-0.1, -0.05) is 109 Å². The summed E-state index contributed by atoms with van der Waals surface area (Å²) in [5.74, 6) is -3.86. The molecular formula is C53H30O8S2. The molecule has 0 bridgehead atoms. The van der Waals surface area contributed by atoms with Crippen LogP contribution in [0.25, 0.3) is 54.6 Å². The van der Waals surface area contributed by atoms with Crippen molar-refractivity contribution in [2.45, 2.75) is 18.6 Å². The first-order chi connectivity index (χ1) is 30.7. The summed E-state index contributed by atoms with van der Waals surface area (Å²) < 4.78 is 13.9. The molecule has 8 aromatic rings. The van der Waals surface area contributed by atoms with Gasteiger partial charge in [0, 0.05) is 41.4 Å². The van der Waals surface area contributed by atoms with E-state index in [1.165, 1.54) is 22.7 Å². The molecule has 0 fully saturated rings. The molecule has 0 saturated carbocycles. The highest BCUT2D eigenvalue weighted by Crippen LogP contribution is 2.54. The smallest absolute Gasteiger partial charge is 0.333 e. The largest absolute Gasteiger partial charge is 0.459 e. The molecule has 2 heterocycles. The lowest BCUT2D eigenvalue weighted by Gasteiger charge is -2.28. The van der Waals surface area contributed by atoms with Gasteiger partial charge in [-0.2, -0.15) is 0 Å². The van der Waals surface area contributed by atoms with Crippen LogP contribution in [0.4, 0.5) is 0 Å². The van der Waals surface area contributed by atoms with E-state index in [0.29, 0.717) is 76.2 Å². The second kappa shape index (κ2) is 14.8. The minimum Gasteiger partial charge on any atom is -0.459 e. The fraction of sp³-hybridized carbons (Fsp3) is 0.0566. The minimum atomic E-state index is -2.07. The van der Waals surface area contributed by atoms with Gasteiger partial charge in [-0.25, -0.2) is 0 Å². The van der Waals surface area contributed by atoms with E-state index in [9.17, 15) is 19.2 Å². The van der Waals surface area contributed by atoms with Crippen LogP contribution in [0.15, 0.2) is 146 Å². The molecule has 0 spiro atoms. The number of benzene rings is 6. The van der Waals surface area contributed by atoms with Crippen molar-refractivity contribution in [1.82, 2.24) is 0 Å². The van der Waals surface area contributed by atoms with Crippen molar-refractivity contribution in [3.8, 4) is 11.1 Å². The number of ether oxygens (including phenoxy) is 2. The van der Waals surface area contributed by atoms with Crippen LogP contribution in [0.2, 0.25) is 0 Å². The molecule has 0 aliphatic heterocycles. The predicted octanol–water partition coefficient (Wildman–Crippen LogP) is 10.5. The van der Waals surface area contributed by atoms with Gasteiger partial charge in [0.1, 0.15) is 13.2 Å². The predicted molar refractivity (Wildman–Crippen MR) is 243 cm³/mol. The van der Waals surface area contributed by atoms with Crippen molar-refractivity contribution >= 4 is 101 Å². The highest BCUT2D eigenvalue weighted by molar-refractivity contribution is 7.20. The zero-order chi connectivity index (χ0) is 43.0. The van der Waals surface area contributed by atoms with Gasteiger partial charge in [-0.15, -0.1) is 22.7 Å². The second-order valence-electron chi connectivity index (χ2n) is 15.6. The van der Waals surface area contributed by atoms with Gasteiger partial charge in [-0.3, -0.25) is 28.8 Å². The fourth-order valence-electron chi connectivity index (χ4n) is 8.89. The van der Waals surface area contributed by atoms with Crippen LogP contribution < -0.4 is 0 Å². The quantitative estimate of drug-likeness (QED) is 0.0641. The first-order valence-corrected chi connectivity index (χ1v) is 21.7. The Kier molecular flexibility index (Phi) is 8.97. The number of Topliss-reactive ketones (excluding diaryl/α,β-unsaturated/α-hetero) is 4. The van der Waals surface area contributed by atoms with Crippen LogP contribution in [0.1, 0.15) is 63.9 Å². The Hall–Kier alpha value is -7.66. The maximum Gasteiger partial charge on any atom is 0.333 e. The topological polar surface area (TPSA) is 121 Å². The third-order valence-corrected chi connectivity index (χ3v) is 14.0. The first kappa shape index (κ1) is 38.3. The fourth-order valence-corrected chi connectivity index (χ4v) is 10.9. The number of allylic oxidation sites excluding steroid dienone is 2. The number of hydrogen-bond donors (Lipinski definition) is 0. The molecule has 3 aliphatic carbocycles. The number of hydrogen-bond acceptors (Lipinski definition) is 10. The highest BCUT2D eigenvalue weighted by atomic mass is 32.1. The van der Waals surface area contributed by atoms with Crippen molar-refractivity contribution in [3.05, 3.63) is 200 Å². The maximum absolute atomic E-state index is 15.2. The Bertz CT molecular complexity index is 3180. The average Bonchev–Trinajstić information content (AvgIpc) is 4.09. The number of carbonyl (C=O) groups excluding carboxylic acids is 6. The third kappa shape index (κ3) is 6.09. The van der Waals surface area contributed by atoms with Crippen LogP contribution in [0, 0.1) is 0 Å². The number of thiophene rings is 2. The molecular weight excluding hydrogens is 829 g/mol. The van der Waals surface area contributed by atoms with Gasteiger partial charge in [0.25, 0.3) is 0 Å². The van der Waals surface area contributed by atoms with Crippen molar-refractivity contribution in [3.63, 3.8) is 0 Å². The molecule has 11 rings (SSSR count). The van der Waals surface area contributed by atoms with Crippen molar-refractivity contribution in [2.24, 2.45) is 0 Å². The van der Waals surface area contributed by atoms with Crippen LogP contribution in [0.5, 0.6) is 0 Å². The lowest BCUT2D eigenvalue weighted by Crippen LogP contribution is -2.45. The van der Waals surface area contributed by atoms with Gasteiger partial charge in [0.05, 0.1) is 0 Å². The number of rotatable bonds is 8. The molecule has 2 aromatic heterocycles. The van der Waals surface area contributed by atoms with E-state index in [4.69, 9.17) is 9.47 Å². The minimum absolute atomic E-state index is 0.0999. The second-order valence-corrected chi connectivity index (χ2v) is 17.8. The van der Waals surface area contributed by atoms with E-state index in [1.807, 2.05) is 97.1 Å². The summed E-state index contributed by atoms with van der Waals surface area (Å²) in [4.78, 5) is 83.8. The molecule has 0 radical (unpaired) electrons. The Morgan fingerprint density at radius 2 is 0.825 bits per heavy atom. The van der Waals surface area contributed by atoms with Crippen LogP contribution in [0.3, 0.4) is 0 Å². The molecule has 63 heavy (non-hydrogen) atoms. The zero-order valence-electron chi connectivity index (χ0n) is 33.0. The number of carbonyl (C=O) groups is 6. The number of esters is 2. The Labute approximate surface area is 367 Å². The van der Waals surface area contributed by atoms with Gasteiger partial charge in [0.2, 0.25) is 28.5 Å².